The first-order valence-electron chi connectivity index (χ1n) is 23.5. The third-order valence-electron chi connectivity index (χ3n) is 10.8. The van der Waals surface area contributed by atoms with Crippen molar-refractivity contribution >= 4 is 11.9 Å². The molecule has 0 unspecified atom stereocenters. The lowest BCUT2D eigenvalue weighted by Gasteiger charge is -2.15. The molecule has 0 saturated heterocycles. The van der Waals surface area contributed by atoms with Crippen molar-refractivity contribution in [2.24, 2.45) is 5.92 Å². The minimum atomic E-state index is -0.763. The minimum absolute atomic E-state index is 0.0568. The van der Waals surface area contributed by atoms with Crippen molar-refractivity contribution in [2.75, 3.05) is 13.2 Å². The fraction of sp³-hybridized carbons (Fsp3) is 0.957. The standard InChI is InChI=1S/C47H92O5/c1-4-5-6-7-8-9-10-11-12-13-14-15-19-22-25-28-31-34-37-40-46(49)51-43-45(42-48)52-47(50)41-38-35-32-29-26-23-20-17-16-18-21-24-27-30-33-36-39-44(2)3/h44-45,48H,4-43H2,1-3H3/t45-/m0/s1. The average Bonchev–Trinajstić information content (AvgIpc) is 3.13. The van der Waals surface area contributed by atoms with Gasteiger partial charge in [0, 0.05) is 12.8 Å². The highest BCUT2D eigenvalue weighted by molar-refractivity contribution is 5.70. The molecule has 52 heavy (non-hydrogen) atoms. The van der Waals surface area contributed by atoms with Crippen LogP contribution in [-0.4, -0.2) is 36.4 Å². The van der Waals surface area contributed by atoms with E-state index in [1.807, 2.05) is 0 Å². The molecule has 0 radical (unpaired) electrons. The monoisotopic (exact) mass is 737 g/mol. The van der Waals surface area contributed by atoms with Crippen LogP contribution in [0.25, 0.3) is 0 Å². The molecule has 0 bridgehead atoms. The molecule has 0 heterocycles. The highest BCUT2D eigenvalue weighted by Gasteiger charge is 2.16. The molecule has 1 N–H and O–H groups in total. The van der Waals surface area contributed by atoms with Crippen LogP contribution in [0.2, 0.25) is 0 Å². The molecule has 0 rings (SSSR count). The summed E-state index contributed by atoms with van der Waals surface area (Å²) in [6.45, 7) is 6.55. The Hall–Kier alpha value is -1.10. The van der Waals surface area contributed by atoms with Crippen molar-refractivity contribution in [3.8, 4) is 0 Å². The number of aliphatic hydroxyl groups is 1. The Bertz CT molecular complexity index is 723. The summed E-state index contributed by atoms with van der Waals surface area (Å²) < 4.78 is 10.7. The number of carbonyl (C=O) groups is 2. The molecule has 0 aromatic carbocycles. The second kappa shape index (κ2) is 42.6. The lowest BCUT2D eigenvalue weighted by Crippen LogP contribution is -2.28. The molecule has 0 amide bonds. The maximum absolute atomic E-state index is 12.2. The zero-order chi connectivity index (χ0) is 38.0. The molecule has 0 aliphatic rings. The van der Waals surface area contributed by atoms with Crippen LogP contribution in [0, 0.1) is 5.92 Å². The van der Waals surface area contributed by atoms with Gasteiger partial charge >= 0.3 is 11.9 Å². The van der Waals surface area contributed by atoms with Crippen LogP contribution in [0.5, 0.6) is 0 Å². The lowest BCUT2D eigenvalue weighted by atomic mass is 10.0. The summed E-state index contributed by atoms with van der Waals surface area (Å²) in [6, 6.07) is 0. The molecule has 0 aliphatic carbocycles. The average molecular weight is 737 g/mol. The summed E-state index contributed by atoms with van der Waals surface area (Å²) in [5, 5.41) is 9.60. The number of ether oxygens (including phenoxy) is 2. The summed E-state index contributed by atoms with van der Waals surface area (Å²) in [4.78, 5) is 24.4. The summed E-state index contributed by atoms with van der Waals surface area (Å²) >= 11 is 0. The first-order valence-corrected chi connectivity index (χ1v) is 23.5. The SMILES string of the molecule is CCCCCCCCCCCCCCCCCCCCCC(=O)OC[C@H](CO)OC(=O)CCCCCCCCCCCCCCCCCCC(C)C. The van der Waals surface area contributed by atoms with Crippen molar-refractivity contribution < 1.29 is 24.2 Å². The Kier molecular flexibility index (Phi) is 41.7. The van der Waals surface area contributed by atoms with Gasteiger partial charge in [0.25, 0.3) is 0 Å². The molecule has 0 fully saturated rings. The number of hydrogen-bond donors (Lipinski definition) is 1. The fourth-order valence-electron chi connectivity index (χ4n) is 7.27. The number of esters is 2. The third-order valence-corrected chi connectivity index (χ3v) is 10.8. The highest BCUT2D eigenvalue weighted by atomic mass is 16.6. The van der Waals surface area contributed by atoms with E-state index in [0.29, 0.717) is 12.8 Å². The molecule has 1 atom stereocenters. The largest absolute Gasteiger partial charge is 0.462 e. The zero-order valence-electron chi connectivity index (χ0n) is 35.5. The van der Waals surface area contributed by atoms with Gasteiger partial charge in [-0.2, -0.15) is 0 Å². The van der Waals surface area contributed by atoms with Crippen LogP contribution >= 0.6 is 0 Å². The Morgan fingerprint density at radius 3 is 1.02 bits per heavy atom. The Balaban J connectivity index is 3.45. The molecular weight excluding hydrogens is 645 g/mol. The summed E-state index contributed by atoms with van der Waals surface area (Å²) in [7, 11) is 0. The lowest BCUT2D eigenvalue weighted by molar-refractivity contribution is -0.161. The number of carbonyl (C=O) groups excluding carboxylic acids is 2. The molecule has 5 nitrogen and oxygen atoms in total. The van der Waals surface area contributed by atoms with E-state index >= 15 is 0 Å². The van der Waals surface area contributed by atoms with Crippen molar-refractivity contribution in [3.05, 3.63) is 0 Å². The van der Waals surface area contributed by atoms with E-state index in [4.69, 9.17) is 9.47 Å². The van der Waals surface area contributed by atoms with Gasteiger partial charge in [0.2, 0.25) is 0 Å². The number of aliphatic hydroxyl groups excluding tert-OH is 1. The third kappa shape index (κ3) is 41.7. The molecule has 310 valence electrons. The topological polar surface area (TPSA) is 72.8 Å². The van der Waals surface area contributed by atoms with E-state index in [9.17, 15) is 14.7 Å². The molecule has 0 aromatic heterocycles. The van der Waals surface area contributed by atoms with Gasteiger partial charge in [0.15, 0.2) is 6.10 Å². The Morgan fingerprint density at radius 1 is 0.423 bits per heavy atom. The van der Waals surface area contributed by atoms with Crippen LogP contribution in [0.1, 0.15) is 265 Å². The van der Waals surface area contributed by atoms with Gasteiger partial charge in [0.05, 0.1) is 6.61 Å². The smallest absolute Gasteiger partial charge is 0.306 e. The van der Waals surface area contributed by atoms with E-state index in [0.717, 1.165) is 38.0 Å². The van der Waals surface area contributed by atoms with Crippen LogP contribution < -0.4 is 0 Å². The van der Waals surface area contributed by atoms with E-state index in [1.54, 1.807) is 0 Å². The highest BCUT2D eigenvalue weighted by Crippen LogP contribution is 2.17. The van der Waals surface area contributed by atoms with Crippen LogP contribution in [0.4, 0.5) is 0 Å². The van der Waals surface area contributed by atoms with Gasteiger partial charge in [-0.25, -0.2) is 0 Å². The molecule has 0 saturated carbocycles. The van der Waals surface area contributed by atoms with Crippen LogP contribution in [0.3, 0.4) is 0 Å². The van der Waals surface area contributed by atoms with Crippen molar-refractivity contribution in [2.45, 2.75) is 271 Å². The maximum Gasteiger partial charge on any atom is 0.306 e. The number of rotatable bonds is 43. The van der Waals surface area contributed by atoms with Crippen LogP contribution in [-0.2, 0) is 19.1 Å². The molecule has 5 heteroatoms. The molecule has 0 aromatic rings. The van der Waals surface area contributed by atoms with E-state index < -0.39 is 6.10 Å². The molecular formula is C47H92O5. The summed E-state index contributed by atoms with van der Waals surface area (Å²) in [6.07, 6.45) is 47.5. The van der Waals surface area contributed by atoms with Gasteiger partial charge < -0.3 is 14.6 Å². The normalized spacial score (nSPS) is 12.1. The second-order valence-electron chi connectivity index (χ2n) is 16.7. The van der Waals surface area contributed by atoms with Gasteiger partial charge in [-0.05, 0) is 18.8 Å². The quantitative estimate of drug-likeness (QED) is 0.0498. The molecule has 0 aliphatic heterocycles. The van der Waals surface area contributed by atoms with Gasteiger partial charge in [-0.3, -0.25) is 9.59 Å². The van der Waals surface area contributed by atoms with Gasteiger partial charge in [-0.15, -0.1) is 0 Å². The molecule has 0 spiro atoms. The minimum Gasteiger partial charge on any atom is -0.462 e. The van der Waals surface area contributed by atoms with Crippen molar-refractivity contribution in [1.29, 1.82) is 0 Å². The Labute approximate surface area is 325 Å². The maximum atomic E-state index is 12.2. The zero-order valence-corrected chi connectivity index (χ0v) is 35.5. The summed E-state index contributed by atoms with van der Waals surface area (Å²) in [5.41, 5.74) is 0. The van der Waals surface area contributed by atoms with Gasteiger partial charge in [-0.1, -0.05) is 239 Å². The fourth-order valence-corrected chi connectivity index (χ4v) is 7.27. The van der Waals surface area contributed by atoms with E-state index in [2.05, 4.69) is 20.8 Å². The van der Waals surface area contributed by atoms with E-state index in [1.165, 1.54) is 199 Å². The first-order chi connectivity index (χ1) is 25.5. The van der Waals surface area contributed by atoms with Gasteiger partial charge in [0.1, 0.15) is 6.61 Å². The number of unbranched alkanes of at least 4 members (excludes halogenated alkanes) is 33. The first kappa shape index (κ1) is 50.9. The summed E-state index contributed by atoms with van der Waals surface area (Å²) in [5.74, 6) is 0.288. The van der Waals surface area contributed by atoms with Crippen molar-refractivity contribution in [3.63, 3.8) is 0 Å². The van der Waals surface area contributed by atoms with Crippen molar-refractivity contribution in [1.82, 2.24) is 0 Å². The predicted octanol–water partition coefficient (Wildman–Crippen LogP) is 14.9. The number of hydrogen-bond acceptors (Lipinski definition) is 5. The van der Waals surface area contributed by atoms with Crippen LogP contribution in [0.15, 0.2) is 0 Å². The predicted molar refractivity (Wildman–Crippen MR) is 224 cm³/mol. The Morgan fingerprint density at radius 2 is 0.712 bits per heavy atom. The second-order valence-corrected chi connectivity index (χ2v) is 16.7. The van der Waals surface area contributed by atoms with E-state index in [-0.39, 0.29) is 25.2 Å².